The summed E-state index contributed by atoms with van der Waals surface area (Å²) in [5, 5.41) is 16.7. The number of benzene rings is 7. The van der Waals surface area contributed by atoms with E-state index in [-0.39, 0.29) is 0 Å². The number of rotatable bonds is 0. The predicted octanol–water partition coefficient (Wildman–Crippen LogP) is 9.15. The van der Waals surface area contributed by atoms with Crippen LogP contribution in [0.4, 0.5) is 0 Å². The Balaban J connectivity index is 1.90. The molecule has 0 aliphatic heterocycles. The van der Waals surface area contributed by atoms with Gasteiger partial charge in [-0.15, -0.1) is 0 Å². The molecule has 0 spiro atoms. The first-order valence-electron chi connectivity index (χ1n) is 11.7. The van der Waals surface area contributed by atoms with Gasteiger partial charge in [-0.25, -0.2) is 0 Å². The summed E-state index contributed by atoms with van der Waals surface area (Å²) in [5.74, 6) is 0. The van der Waals surface area contributed by atoms with Gasteiger partial charge in [-0.2, -0.15) is 0 Å². The molecule has 0 saturated heterocycles. The first kappa shape index (κ1) is 18.0. The molecule has 1 aromatic heterocycles. The second kappa shape index (κ2) is 6.52. The number of hydrogen-bond acceptors (Lipinski definition) is 1. The summed E-state index contributed by atoms with van der Waals surface area (Å²) in [7, 11) is 0. The zero-order chi connectivity index (χ0) is 22.2. The van der Waals surface area contributed by atoms with E-state index in [2.05, 4.69) is 109 Å². The third-order valence-electron chi connectivity index (χ3n) is 7.43. The van der Waals surface area contributed by atoms with Crippen LogP contribution >= 0.6 is 0 Å². The van der Waals surface area contributed by atoms with E-state index < -0.39 is 0 Å². The van der Waals surface area contributed by atoms with Gasteiger partial charge in [-0.05, 0) is 54.5 Å². The Bertz CT molecular complexity index is 1950. The summed E-state index contributed by atoms with van der Waals surface area (Å²) in [5.41, 5.74) is 1.08. The van der Waals surface area contributed by atoms with E-state index in [1.165, 1.54) is 70.0 Å². The van der Waals surface area contributed by atoms with E-state index in [1.54, 1.807) is 0 Å². The van der Waals surface area contributed by atoms with Crippen molar-refractivity contribution in [1.29, 1.82) is 0 Å². The van der Waals surface area contributed by atoms with E-state index in [1.807, 2.05) is 6.20 Å². The topological polar surface area (TPSA) is 12.9 Å². The molecule has 0 radical (unpaired) electrons. The molecule has 8 rings (SSSR count). The number of fused-ring (bicyclic) bond motifs is 16. The molecule has 0 saturated carbocycles. The predicted molar refractivity (Wildman–Crippen MR) is 147 cm³/mol. The van der Waals surface area contributed by atoms with E-state index in [9.17, 15) is 0 Å². The third kappa shape index (κ3) is 2.16. The normalized spacial score (nSPS) is 12.1. The average Bonchev–Trinajstić information content (AvgIpc) is 2.92. The summed E-state index contributed by atoms with van der Waals surface area (Å²) in [6.07, 6.45) is 1.93. The highest BCUT2D eigenvalue weighted by molar-refractivity contribution is 6.45. The summed E-state index contributed by atoms with van der Waals surface area (Å²) in [6, 6.07) is 39.6. The minimum absolute atomic E-state index is 1.08. The van der Waals surface area contributed by atoms with Crippen molar-refractivity contribution >= 4 is 75.5 Å². The fraction of sp³-hybridized carbons (Fsp3) is 0. The minimum atomic E-state index is 1.08. The highest BCUT2D eigenvalue weighted by Gasteiger charge is 2.19. The fourth-order valence-corrected chi connectivity index (χ4v) is 6.13. The SMILES string of the molecule is c1ccc2c(c1)c1ccccc1c1c2c2cccnc2c2c3ccccc3c3ccccc3c21. The number of hydrogen-bond donors (Lipinski definition) is 0. The zero-order valence-electron chi connectivity index (χ0n) is 18.4. The van der Waals surface area contributed by atoms with Crippen molar-refractivity contribution < 1.29 is 0 Å². The molecule has 0 bridgehead atoms. The highest BCUT2D eigenvalue weighted by Crippen LogP contribution is 2.47. The van der Waals surface area contributed by atoms with Gasteiger partial charge < -0.3 is 0 Å². The van der Waals surface area contributed by atoms with Crippen LogP contribution in [-0.4, -0.2) is 4.98 Å². The Morgan fingerprint density at radius 1 is 0.294 bits per heavy atom. The molecular weight excluding hydrogens is 410 g/mol. The minimum Gasteiger partial charge on any atom is -0.256 e. The summed E-state index contributed by atoms with van der Waals surface area (Å²) < 4.78 is 0. The van der Waals surface area contributed by atoms with Crippen LogP contribution in [0.5, 0.6) is 0 Å². The maximum atomic E-state index is 5.00. The first-order valence-corrected chi connectivity index (χ1v) is 11.7. The van der Waals surface area contributed by atoms with Crippen molar-refractivity contribution in [2.24, 2.45) is 0 Å². The number of pyridine rings is 1. The van der Waals surface area contributed by atoms with Gasteiger partial charge in [0, 0.05) is 27.7 Å². The van der Waals surface area contributed by atoms with Crippen LogP contribution in [0.2, 0.25) is 0 Å². The Kier molecular flexibility index (Phi) is 3.45. The molecule has 0 atom stereocenters. The second-order valence-electron chi connectivity index (χ2n) is 9.08. The van der Waals surface area contributed by atoms with Gasteiger partial charge in [0.05, 0.1) is 5.52 Å². The third-order valence-corrected chi connectivity index (χ3v) is 7.43. The smallest absolute Gasteiger partial charge is 0.0793 e. The lowest BCUT2D eigenvalue weighted by molar-refractivity contribution is 1.43. The van der Waals surface area contributed by atoms with Crippen molar-refractivity contribution in [1.82, 2.24) is 4.98 Å². The van der Waals surface area contributed by atoms with Gasteiger partial charge in [0.25, 0.3) is 0 Å². The second-order valence-corrected chi connectivity index (χ2v) is 9.08. The molecule has 0 aliphatic carbocycles. The van der Waals surface area contributed by atoms with Gasteiger partial charge in [0.2, 0.25) is 0 Å². The molecular formula is C33H19N. The quantitative estimate of drug-likeness (QED) is 0.219. The molecule has 0 aliphatic rings. The molecule has 0 amide bonds. The lowest BCUT2D eigenvalue weighted by atomic mass is 9.85. The van der Waals surface area contributed by atoms with Crippen LogP contribution in [0, 0.1) is 0 Å². The highest BCUT2D eigenvalue weighted by atomic mass is 14.6. The molecule has 7 aromatic carbocycles. The Morgan fingerprint density at radius 3 is 1.15 bits per heavy atom. The van der Waals surface area contributed by atoms with Crippen LogP contribution in [0.15, 0.2) is 115 Å². The van der Waals surface area contributed by atoms with Gasteiger partial charge >= 0.3 is 0 Å². The van der Waals surface area contributed by atoms with E-state index in [0.29, 0.717) is 0 Å². The molecule has 1 nitrogen and oxygen atoms in total. The van der Waals surface area contributed by atoms with Crippen molar-refractivity contribution in [2.75, 3.05) is 0 Å². The monoisotopic (exact) mass is 429 g/mol. The molecule has 8 aromatic rings. The molecule has 34 heavy (non-hydrogen) atoms. The van der Waals surface area contributed by atoms with Crippen molar-refractivity contribution in [3.63, 3.8) is 0 Å². The molecule has 0 fully saturated rings. The van der Waals surface area contributed by atoms with Gasteiger partial charge in [-0.1, -0.05) is 103 Å². The molecule has 0 unspecified atom stereocenters. The maximum absolute atomic E-state index is 5.00. The van der Waals surface area contributed by atoms with E-state index in [0.717, 1.165) is 5.52 Å². The van der Waals surface area contributed by atoms with Crippen molar-refractivity contribution in [3.05, 3.63) is 115 Å². The van der Waals surface area contributed by atoms with Crippen molar-refractivity contribution in [2.45, 2.75) is 0 Å². The fourth-order valence-electron chi connectivity index (χ4n) is 6.13. The maximum Gasteiger partial charge on any atom is 0.0793 e. The van der Waals surface area contributed by atoms with Crippen LogP contribution in [0.25, 0.3) is 75.5 Å². The van der Waals surface area contributed by atoms with Crippen LogP contribution < -0.4 is 0 Å². The van der Waals surface area contributed by atoms with Crippen LogP contribution in [-0.2, 0) is 0 Å². The molecule has 1 heteroatoms. The van der Waals surface area contributed by atoms with Crippen LogP contribution in [0.3, 0.4) is 0 Å². The van der Waals surface area contributed by atoms with Crippen molar-refractivity contribution in [3.8, 4) is 0 Å². The Morgan fingerprint density at radius 2 is 0.647 bits per heavy atom. The van der Waals surface area contributed by atoms with Gasteiger partial charge in [0.1, 0.15) is 0 Å². The van der Waals surface area contributed by atoms with E-state index >= 15 is 0 Å². The lowest BCUT2D eigenvalue weighted by Crippen LogP contribution is -1.92. The average molecular weight is 430 g/mol. The van der Waals surface area contributed by atoms with Crippen LogP contribution in [0.1, 0.15) is 0 Å². The summed E-state index contributed by atoms with van der Waals surface area (Å²) >= 11 is 0. The summed E-state index contributed by atoms with van der Waals surface area (Å²) in [6.45, 7) is 0. The summed E-state index contributed by atoms with van der Waals surface area (Å²) in [4.78, 5) is 5.00. The standard InChI is InChI=1S/C33H19N/c1-5-14-24-20(10-1)21-11-2-6-15-25(21)30-29(24)28-18-9-19-34-33(28)32-27-17-8-4-13-23(27)22-12-3-7-16-26(22)31(30)32/h1-19H. The largest absolute Gasteiger partial charge is 0.256 e. The first-order chi connectivity index (χ1) is 16.9. The lowest BCUT2D eigenvalue weighted by Gasteiger charge is -2.19. The molecule has 0 N–H and O–H groups in total. The molecule has 156 valence electrons. The van der Waals surface area contributed by atoms with Gasteiger partial charge in [0.15, 0.2) is 0 Å². The molecule has 1 heterocycles. The Labute approximate surface area is 195 Å². The van der Waals surface area contributed by atoms with E-state index in [4.69, 9.17) is 4.98 Å². The number of aromatic nitrogens is 1. The zero-order valence-corrected chi connectivity index (χ0v) is 18.4. The van der Waals surface area contributed by atoms with Gasteiger partial charge in [-0.3, -0.25) is 4.98 Å². The number of nitrogens with zero attached hydrogens (tertiary/aromatic N) is 1. The Hall–Kier alpha value is -4.49.